The number of hydrogen-bond donors (Lipinski definition) is 2. The summed E-state index contributed by atoms with van der Waals surface area (Å²) in [6.07, 6.45) is 1.52. The second-order valence-corrected chi connectivity index (χ2v) is 3.97. The van der Waals surface area contributed by atoms with Gasteiger partial charge in [-0.05, 0) is 40.2 Å². The normalized spacial score (nSPS) is 9.65. The third-order valence-corrected chi connectivity index (χ3v) is 2.45. The van der Waals surface area contributed by atoms with Crippen LogP contribution in [0.15, 0.2) is 35.2 Å². The zero-order valence-electron chi connectivity index (χ0n) is 8.68. The number of hydrogen-bond acceptors (Lipinski definition) is 5. The quantitative estimate of drug-likeness (QED) is 0.829. The number of anilines is 3. The first-order valence-corrected chi connectivity index (χ1v) is 5.53. The summed E-state index contributed by atoms with van der Waals surface area (Å²) in [6.45, 7) is 0. The van der Waals surface area contributed by atoms with Crippen LogP contribution < -0.4 is 11.1 Å². The van der Waals surface area contributed by atoms with Gasteiger partial charge in [-0.3, -0.25) is 0 Å². The fourth-order valence-corrected chi connectivity index (χ4v) is 1.51. The van der Waals surface area contributed by atoms with Gasteiger partial charge in [-0.25, -0.2) is 9.97 Å². The largest absolute Gasteiger partial charge is 0.394 e. The van der Waals surface area contributed by atoms with Gasteiger partial charge < -0.3 is 11.1 Å². The highest BCUT2D eigenvalue weighted by molar-refractivity contribution is 9.10. The number of nitrogens with two attached hydrogens (primary N) is 1. The van der Waals surface area contributed by atoms with E-state index in [1.54, 1.807) is 24.3 Å². The molecule has 0 aliphatic heterocycles. The maximum Gasteiger partial charge on any atom is 0.198 e. The van der Waals surface area contributed by atoms with Crippen molar-refractivity contribution in [2.24, 2.45) is 0 Å². The predicted molar refractivity (Wildman–Crippen MR) is 68.6 cm³/mol. The lowest BCUT2D eigenvalue weighted by Gasteiger charge is -2.07. The third kappa shape index (κ3) is 2.71. The van der Waals surface area contributed by atoms with E-state index in [0.717, 1.165) is 5.69 Å². The van der Waals surface area contributed by atoms with Crippen molar-refractivity contribution in [3.05, 3.63) is 40.8 Å². The molecule has 2 aromatic rings. The Balaban J connectivity index is 2.25. The number of nitriles is 1. The third-order valence-electron chi connectivity index (χ3n) is 2.06. The standard InChI is InChI=1S/C11H8BrN5/c12-11-15-6-9(14)10(17-11)16-8-3-1-7(5-13)2-4-8/h1-4,6H,14H2,(H,15,16,17). The molecular formula is C11H8BrN5. The molecule has 6 heteroatoms. The van der Waals surface area contributed by atoms with E-state index in [2.05, 4.69) is 37.3 Å². The van der Waals surface area contributed by atoms with Gasteiger partial charge in [0, 0.05) is 5.69 Å². The smallest absolute Gasteiger partial charge is 0.198 e. The number of nitrogens with one attached hydrogen (secondary N) is 1. The number of nitrogen functional groups attached to an aromatic ring is 1. The van der Waals surface area contributed by atoms with Crippen molar-refractivity contribution in [1.29, 1.82) is 5.26 Å². The first kappa shape index (κ1) is 11.4. The summed E-state index contributed by atoms with van der Waals surface area (Å²) in [5.41, 5.74) is 7.60. The molecule has 1 aromatic heterocycles. The maximum atomic E-state index is 8.68. The Bertz CT molecular complexity index is 573. The molecule has 0 fully saturated rings. The van der Waals surface area contributed by atoms with Crippen LogP contribution in [0.4, 0.5) is 17.2 Å². The Kier molecular flexibility index (Phi) is 3.21. The fraction of sp³-hybridized carbons (Fsp3) is 0. The van der Waals surface area contributed by atoms with Gasteiger partial charge in [0.25, 0.3) is 0 Å². The van der Waals surface area contributed by atoms with E-state index in [0.29, 0.717) is 21.8 Å². The molecule has 0 bridgehead atoms. The van der Waals surface area contributed by atoms with Crippen LogP contribution in [0.3, 0.4) is 0 Å². The highest BCUT2D eigenvalue weighted by Crippen LogP contribution is 2.21. The van der Waals surface area contributed by atoms with Gasteiger partial charge >= 0.3 is 0 Å². The lowest BCUT2D eigenvalue weighted by molar-refractivity contribution is 1.12. The van der Waals surface area contributed by atoms with Crippen molar-refractivity contribution in [2.75, 3.05) is 11.1 Å². The van der Waals surface area contributed by atoms with Crippen molar-refractivity contribution in [3.63, 3.8) is 0 Å². The van der Waals surface area contributed by atoms with Crippen LogP contribution in [-0.2, 0) is 0 Å². The van der Waals surface area contributed by atoms with Crippen molar-refractivity contribution in [3.8, 4) is 6.07 Å². The summed E-state index contributed by atoms with van der Waals surface area (Å²) < 4.78 is 0.461. The van der Waals surface area contributed by atoms with Crippen LogP contribution >= 0.6 is 15.9 Å². The molecule has 0 saturated carbocycles. The van der Waals surface area contributed by atoms with E-state index < -0.39 is 0 Å². The highest BCUT2D eigenvalue weighted by Gasteiger charge is 2.03. The van der Waals surface area contributed by atoms with E-state index >= 15 is 0 Å². The average Bonchev–Trinajstić information content (AvgIpc) is 2.35. The van der Waals surface area contributed by atoms with E-state index in [1.165, 1.54) is 6.20 Å². The van der Waals surface area contributed by atoms with Gasteiger partial charge in [-0.2, -0.15) is 5.26 Å². The molecule has 2 rings (SSSR count). The molecule has 0 radical (unpaired) electrons. The second kappa shape index (κ2) is 4.80. The van der Waals surface area contributed by atoms with Crippen LogP contribution in [0.2, 0.25) is 0 Å². The molecule has 0 aliphatic carbocycles. The summed E-state index contributed by atoms with van der Waals surface area (Å²) in [4.78, 5) is 8.02. The number of benzene rings is 1. The molecule has 3 N–H and O–H groups in total. The Morgan fingerprint density at radius 1 is 1.29 bits per heavy atom. The first-order valence-electron chi connectivity index (χ1n) is 4.74. The van der Waals surface area contributed by atoms with E-state index in [-0.39, 0.29) is 0 Å². The van der Waals surface area contributed by atoms with Gasteiger partial charge in [0.05, 0.1) is 23.5 Å². The Labute approximate surface area is 106 Å². The van der Waals surface area contributed by atoms with Crippen LogP contribution in [0.1, 0.15) is 5.56 Å². The topological polar surface area (TPSA) is 87.6 Å². The number of aromatic nitrogens is 2. The summed E-state index contributed by atoms with van der Waals surface area (Å²) in [7, 11) is 0. The monoisotopic (exact) mass is 289 g/mol. The molecule has 0 unspecified atom stereocenters. The van der Waals surface area contributed by atoms with E-state index in [9.17, 15) is 0 Å². The molecule has 0 saturated heterocycles. The van der Waals surface area contributed by atoms with Gasteiger partial charge in [-0.1, -0.05) is 0 Å². The predicted octanol–water partition coefficient (Wildman–Crippen LogP) is 2.44. The molecule has 84 valence electrons. The molecular weight excluding hydrogens is 282 g/mol. The van der Waals surface area contributed by atoms with Gasteiger partial charge in [0.1, 0.15) is 0 Å². The summed E-state index contributed by atoms with van der Waals surface area (Å²) in [6, 6.07) is 9.06. The Morgan fingerprint density at radius 2 is 2.00 bits per heavy atom. The summed E-state index contributed by atoms with van der Waals surface area (Å²) in [5, 5.41) is 11.7. The lowest BCUT2D eigenvalue weighted by atomic mass is 10.2. The molecule has 0 spiro atoms. The van der Waals surface area contributed by atoms with Crippen molar-refractivity contribution in [1.82, 2.24) is 9.97 Å². The number of halogens is 1. The molecule has 5 nitrogen and oxygen atoms in total. The Hall–Kier alpha value is -2.13. The summed E-state index contributed by atoms with van der Waals surface area (Å²) in [5.74, 6) is 0.525. The molecule has 0 aliphatic rings. The highest BCUT2D eigenvalue weighted by atomic mass is 79.9. The number of rotatable bonds is 2. The minimum Gasteiger partial charge on any atom is -0.394 e. The Morgan fingerprint density at radius 3 is 2.65 bits per heavy atom. The SMILES string of the molecule is N#Cc1ccc(Nc2nc(Br)ncc2N)cc1. The average molecular weight is 290 g/mol. The molecule has 0 amide bonds. The molecule has 1 aromatic carbocycles. The fourth-order valence-electron chi connectivity index (χ4n) is 1.23. The van der Waals surface area contributed by atoms with Gasteiger partial charge in [-0.15, -0.1) is 0 Å². The minimum atomic E-state index is 0.456. The molecule has 0 atom stereocenters. The van der Waals surface area contributed by atoms with Gasteiger partial charge in [0.15, 0.2) is 10.6 Å². The molecule has 1 heterocycles. The molecule has 17 heavy (non-hydrogen) atoms. The van der Waals surface area contributed by atoms with E-state index in [4.69, 9.17) is 11.0 Å². The zero-order valence-corrected chi connectivity index (χ0v) is 10.3. The van der Waals surface area contributed by atoms with Crippen molar-refractivity contribution in [2.45, 2.75) is 0 Å². The van der Waals surface area contributed by atoms with Crippen LogP contribution in [-0.4, -0.2) is 9.97 Å². The maximum absolute atomic E-state index is 8.68. The second-order valence-electron chi connectivity index (χ2n) is 3.26. The van der Waals surface area contributed by atoms with Gasteiger partial charge in [0.2, 0.25) is 0 Å². The van der Waals surface area contributed by atoms with Crippen LogP contribution in [0.5, 0.6) is 0 Å². The first-order chi connectivity index (χ1) is 8.19. The van der Waals surface area contributed by atoms with Crippen LogP contribution in [0.25, 0.3) is 0 Å². The zero-order chi connectivity index (χ0) is 12.3. The number of nitrogens with zero attached hydrogens (tertiary/aromatic N) is 3. The lowest BCUT2D eigenvalue weighted by Crippen LogP contribution is -2.00. The summed E-state index contributed by atoms with van der Waals surface area (Å²) >= 11 is 3.17. The minimum absolute atomic E-state index is 0.456. The van der Waals surface area contributed by atoms with Crippen molar-refractivity contribution >= 4 is 33.1 Å². The van der Waals surface area contributed by atoms with Crippen molar-refractivity contribution < 1.29 is 0 Å². The van der Waals surface area contributed by atoms with Crippen LogP contribution in [0, 0.1) is 11.3 Å². The van der Waals surface area contributed by atoms with E-state index in [1.807, 2.05) is 0 Å².